The summed E-state index contributed by atoms with van der Waals surface area (Å²) in [4.78, 5) is 2.54. The zero-order valence-corrected chi connectivity index (χ0v) is 38.5. The zero-order valence-electron chi connectivity index (χ0n) is 38.5. The van der Waals surface area contributed by atoms with Gasteiger partial charge in [0.05, 0.1) is 0 Å². The van der Waals surface area contributed by atoms with Gasteiger partial charge in [0.15, 0.2) is 0 Å². The number of hydrogen-bond donors (Lipinski definition) is 0. The lowest BCUT2D eigenvalue weighted by atomic mass is 9.80. The molecule has 0 saturated carbocycles. The lowest BCUT2D eigenvalue weighted by molar-refractivity contribution is 0.660. The molecule has 1 nitrogen and oxygen atoms in total. The van der Waals surface area contributed by atoms with Crippen LogP contribution in [0.5, 0.6) is 0 Å². The van der Waals surface area contributed by atoms with Crippen molar-refractivity contribution in [3.05, 3.63) is 234 Å². The topological polar surface area (TPSA) is 3.24 Å². The second-order valence-corrected chi connectivity index (χ2v) is 20.5. The molecule has 0 amide bonds. The highest BCUT2D eigenvalue weighted by Gasteiger charge is 2.41. The first-order valence-electron chi connectivity index (χ1n) is 23.6. The van der Waals surface area contributed by atoms with E-state index in [-0.39, 0.29) is 16.2 Å². The van der Waals surface area contributed by atoms with E-state index in [2.05, 4.69) is 247 Å². The van der Waals surface area contributed by atoms with E-state index in [0.717, 1.165) is 0 Å². The minimum atomic E-state index is -0.236. The predicted octanol–water partition coefficient (Wildman–Crippen LogP) is 17.7. The third kappa shape index (κ3) is 5.35. The van der Waals surface area contributed by atoms with Gasteiger partial charge in [0, 0.05) is 33.3 Å². The molecule has 13 rings (SSSR count). The Bertz CT molecular complexity index is 3470. The van der Waals surface area contributed by atoms with Gasteiger partial charge >= 0.3 is 0 Å². The van der Waals surface area contributed by atoms with Crippen LogP contribution in [0.3, 0.4) is 0 Å². The average molecular weight is 846 g/mol. The second-order valence-electron chi connectivity index (χ2n) is 20.5. The van der Waals surface area contributed by atoms with Crippen molar-refractivity contribution in [3.8, 4) is 55.6 Å². The Morgan fingerprint density at radius 3 is 1.08 bits per heavy atom. The van der Waals surface area contributed by atoms with Gasteiger partial charge in [-0.15, -0.1) is 0 Å². The molecule has 0 spiro atoms. The monoisotopic (exact) mass is 845 g/mol. The Labute approximate surface area is 388 Å². The molecule has 0 saturated heterocycles. The predicted molar refractivity (Wildman–Crippen MR) is 280 cm³/mol. The van der Waals surface area contributed by atoms with Gasteiger partial charge in [-0.3, -0.25) is 0 Å². The average Bonchev–Trinajstić information content (AvgIpc) is 3.83. The van der Waals surface area contributed by atoms with Crippen LogP contribution >= 0.6 is 0 Å². The summed E-state index contributed by atoms with van der Waals surface area (Å²) < 4.78 is 0. The Morgan fingerprint density at radius 2 is 0.606 bits per heavy atom. The molecular formula is C65H51N. The number of nitrogens with zero attached hydrogens (tertiary/aromatic N) is 1. The smallest absolute Gasteiger partial charge is 0.0465 e. The van der Waals surface area contributed by atoms with Gasteiger partial charge in [0.25, 0.3) is 0 Å². The van der Waals surface area contributed by atoms with E-state index in [1.165, 1.54) is 128 Å². The first-order valence-corrected chi connectivity index (χ1v) is 23.6. The summed E-state index contributed by atoms with van der Waals surface area (Å²) in [6.45, 7) is 14.5. The summed E-state index contributed by atoms with van der Waals surface area (Å²) in [6.07, 6.45) is 0. The van der Waals surface area contributed by atoms with Crippen molar-refractivity contribution in [1.29, 1.82) is 0 Å². The van der Waals surface area contributed by atoms with Crippen molar-refractivity contribution in [2.75, 3.05) is 4.90 Å². The Balaban J connectivity index is 1.02. The summed E-state index contributed by atoms with van der Waals surface area (Å²) in [7, 11) is 0. The molecular weight excluding hydrogens is 795 g/mol. The molecule has 0 heterocycles. The third-order valence-corrected chi connectivity index (χ3v) is 15.8. The van der Waals surface area contributed by atoms with Gasteiger partial charge in [0.1, 0.15) is 0 Å². The van der Waals surface area contributed by atoms with Gasteiger partial charge in [-0.25, -0.2) is 0 Å². The van der Waals surface area contributed by atoms with Crippen molar-refractivity contribution in [3.63, 3.8) is 0 Å². The van der Waals surface area contributed by atoms with E-state index in [4.69, 9.17) is 0 Å². The number of rotatable bonds is 5. The van der Waals surface area contributed by atoms with Crippen molar-refractivity contribution in [2.45, 2.75) is 57.8 Å². The molecule has 10 aromatic rings. The fourth-order valence-electron chi connectivity index (χ4n) is 12.4. The van der Waals surface area contributed by atoms with Crippen LogP contribution in [-0.2, 0) is 16.2 Å². The van der Waals surface area contributed by atoms with Gasteiger partial charge in [-0.1, -0.05) is 193 Å². The molecule has 0 N–H and O–H groups in total. The summed E-state index contributed by atoms with van der Waals surface area (Å²) in [5.41, 5.74) is 24.3. The van der Waals surface area contributed by atoms with E-state index in [0.29, 0.717) is 0 Å². The molecule has 0 aromatic heterocycles. The molecule has 0 unspecified atom stereocenters. The van der Waals surface area contributed by atoms with E-state index in [1.54, 1.807) is 0 Å². The summed E-state index contributed by atoms with van der Waals surface area (Å²) in [5, 5.41) is 5.22. The van der Waals surface area contributed by atoms with Crippen LogP contribution in [0.25, 0.3) is 77.2 Å². The van der Waals surface area contributed by atoms with Crippen molar-refractivity contribution in [2.24, 2.45) is 0 Å². The fraction of sp³-hybridized carbons (Fsp3) is 0.138. The lowest BCUT2D eigenvalue weighted by Gasteiger charge is -2.31. The highest BCUT2D eigenvalue weighted by Crippen LogP contribution is 2.58. The SMILES string of the molecule is CC1(C)c2ccccc2-c2ccc(N(c3ccc4c(c3)C(C)(C)c3cc(-c5ccccc5)c5ccccc5c3-4)c3ccc4c(c3)C(C)(C)c3cc(-c5ccccc5)c5ccccc5c3-4)cc21. The Hall–Kier alpha value is -7.48. The molecule has 66 heavy (non-hydrogen) atoms. The number of anilines is 3. The summed E-state index contributed by atoms with van der Waals surface area (Å²) >= 11 is 0. The summed E-state index contributed by atoms with van der Waals surface area (Å²) in [6, 6.07) is 75.6. The molecule has 3 aliphatic rings. The van der Waals surface area contributed by atoms with Crippen LogP contribution < -0.4 is 4.90 Å². The van der Waals surface area contributed by atoms with Crippen LogP contribution in [0.15, 0.2) is 200 Å². The van der Waals surface area contributed by atoms with E-state index in [1.807, 2.05) is 0 Å². The maximum atomic E-state index is 2.54. The molecule has 316 valence electrons. The highest BCUT2D eigenvalue weighted by molar-refractivity contribution is 6.11. The van der Waals surface area contributed by atoms with Gasteiger partial charge in [-0.05, 0) is 159 Å². The summed E-state index contributed by atoms with van der Waals surface area (Å²) in [5.74, 6) is 0. The maximum absolute atomic E-state index is 2.54. The largest absolute Gasteiger partial charge is 0.310 e. The van der Waals surface area contributed by atoms with E-state index < -0.39 is 0 Å². The van der Waals surface area contributed by atoms with Crippen LogP contribution in [-0.4, -0.2) is 0 Å². The molecule has 10 aromatic carbocycles. The Morgan fingerprint density at radius 1 is 0.258 bits per heavy atom. The minimum absolute atomic E-state index is 0.133. The van der Waals surface area contributed by atoms with Gasteiger partial charge < -0.3 is 4.90 Å². The lowest BCUT2D eigenvalue weighted by Crippen LogP contribution is -2.19. The number of fused-ring (bicyclic) bond motifs is 13. The molecule has 0 radical (unpaired) electrons. The van der Waals surface area contributed by atoms with Crippen LogP contribution in [0.4, 0.5) is 17.1 Å². The van der Waals surface area contributed by atoms with Crippen molar-refractivity contribution in [1.82, 2.24) is 0 Å². The van der Waals surface area contributed by atoms with Crippen LogP contribution in [0, 0.1) is 0 Å². The first-order chi connectivity index (χ1) is 32.0. The van der Waals surface area contributed by atoms with Crippen molar-refractivity contribution < 1.29 is 0 Å². The Kier molecular flexibility index (Phi) is 8.12. The fourth-order valence-corrected chi connectivity index (χ4v) is 12.4. The van der Waals surface area contributed by atoms with Gasteiger partial charge in [-0.2, -0.15) is 0 Å². The molecule has 0 bridgehead atoms. The highest BCUT2D eigenvalue weighted by atomic mass is 15.1. The van der Waals surface area contributed by atoms with Crippen LogP contribution in [0.1, 0.15) is 74.9 Å². The first kappa shape index (κ1) is 38.9. The molecule has 1 heteroatoms. The molecule has 0 fully saturated rings. The van der Waals surface area contributed by atoms with Crippen molar-refractivity contribution >= 4 is 38.6 Å². The van der Waals surface area contributed by atoms with Crippen LogP contribution in [0.2, 0.25) is 0 Å². The quantitative estimate of drug-likeness (QED) is 0.167. The maximum Gasteiger partial charge on any atom is 0.0465 e. The minimum Gasteiger partial charge on any atom is -0.310 e. The normalized spacial score (nSPS) is 15.2. The second kappa shape index (κ2) is 13.8. The molecule has 0 aliphatic heterocycles. The number of hydrogen-bond acceptors (Lipinski definition) is 1. The standard InChI is InChI=1S/C65H51N/c1-63(2)55-28-18-17-25-47(55)48-32-29-42(35-56(48)63)66(43-30-33-51-57(36-43)64(3,4)59-38-53(40-19-9-7-10-20-40)45-23-13-15-26-49(45)61(51)59)44-31-34-52-58(37-44)65(5,6)60-39-54(41-21-11-8-12-22-41)46-24-14-16-27-50(46)62(52)60/h7-39H,1-6H3. The number of benzene rings is 10. The van der Waals surface area contributed by atoms with E-state index >= 15 is 0 Å². The third-order valence-electron chi connectivity index (χ3n) is 15.8. The molecule has 0 atom stereocenters. The molecule has 3 aliphatic carbocycles. The van der Waals surface area contributed by atoms with E-state index in [9.17, 15) is 0 Å². The van der Waals surface area contributed by atoms with Gasteiger partial charge in [0.2, 0.25) is 0 Å². The zero-order chi connectivity index (χ0) is 44.7.